The van der Waals surface area contributed by atoms with Crippen molar-refractivity contribution in [3.05, 3.63) is 0 Å². The molecule has 0 aliphatic rings. The van der Waals surface area contributed by atoms with Crippen molar-refractivity contribution >= 4 is 10.8 Å². The van der Waals surface area contributed by atoms with E-state index >= 15 is 0 Å². The second-order valence-corrected chi connectivity index (χ2v) is 5.50. The van der Waals surface area contributed by atoms with Crippen molar-refractivity contribution in [1.82, 2.24) is 0 Å². The molecule has 0 saturated heterocycles. The van der Waals surface area contributed by atoms with Gasteiger partial charge in [-0.05, 0) is 18.8 Å². The maximum atomic E-state index is 11.6. The Morgan fingerprint density at radius 2 is 2.08 bits per heavy atom. The Morgan fingerprint density at radius 3 is 2.46 bits per heavy atom. The molecule has 0 radical (unpaired) electrons. The fourth-order valence-corrected chi connectivity index (χ4v) is 2.71. The van der Waals surface area contributed by atoms with E-state index in [1.165, 1.54) is 0 Å². The second-order valence-electron chi connectivity index (χ2n) is 3.66. The summed E-state index contributed by atoms with van der Waals surface area (Å²) in [4.78, 5) is 0. The van der Waals surface area contributed by atoms with Crippen LogP contribution in [-0.2, 0) is 10.8 Å². The third-order valence-electron chi connectivity index (χ3n) is 2.04. The van der Waals surface area contributed by atoms with Gasteiger partial charge in [0.15, 0.2) is 0 Å². The first kappa shape index (κ1) is 12.6. The van der Waals surface area contributed by atoms with Gasteiger partial charge in [-0.25, -0.2) is 0 Å². The van der Waals surface area contributed by atoms with E-state index in [1.54, 1.807) is 0 Å². The minimum atomic E-state index is -0.801. The molecule has 0 saturated carbocycles. The van der Waals surface area contributed by atoms with Gasteiger partial charge in [-0.15, -0.1) is 0 Å². The minimum Gasteiger partial charge on any atom is -0.259 e. The summed E-state index contributed by atoms with van der Waals surface area (Å²) in [5.74, 6) is 1.35. The SMILES string of the molecule is CCC(CC#N)S(=O)CCC(C)C. The fraction of sp³-hybridized carbons (Fsp3) is 0.900. The van der Waals surface area contributed by atoms with Crippen LogP contribution in [0.15, 0.2) is 0 Å². The maximum absolute atomic E-state index is 11.6. The summed E-state index contributed by atoms with van der Waals surface area (Å²) in [5.41, 5.74) is 0. The van der Waals surface area contributed by atoms with Crippen molar-refractivity contribution in [2.75, 3.05) is 5.75 Å². The van der Waals surface area contributed by atoms with E-state index in [1.807, 2.05) is 6.92 Å². The van der Waals surface area contributed by atoms with Crippen LogP contribution in [0.4, 0.5) is 0 Å². The van der Waals surface area contributed by atoms with Gasteiger partial charge in [-0.2, -0.15) is 5.26 Å². The molecule has 0 aliphatic heterocycles. The molecule has 0 rings (SSSR count). The lowest BCUT2D eigenvalue weighted by molar-refractivity contribution is 0.613. The Labute approximate surface area is 83.8 Å². The third-order valence-corrected chi connectivity index (χ3v) is 3.92. The molecule has 0 heterocycles. The highest BCUT2D eigenvalue weighted by Gasteiger charge is 2.14. The van der Waals surface area contributed by atoms with Gasteiger partial charge in [0.05, 0.1) is 6.07 Å². The Balaban J connectivity index is 3.86. The van der Waals surface area contributed by atoms with Gasteiger partial charge < -0.3 is 0 Å². The molecule has 13 heavy (non-hydrogen) atoms. The van der Waals surface area contributed by atoms with E-state index in [9.17, 15) is 4.21 Å². The minimum absolute atomic E-state index is 0.0868. The topological polar surface area (TPSA) is 40.9 Å². The summed E-state index contributed by atoms with van der Waals surface area (Å²) in [7, 11) is -0.801. The van der Waals surface area contributed by atoms with Crippen molar-refractivity contribution in [1.29, 1.82) is 5.26 Å². The van der Waals surface area contributed by atoms with Crippen molar-refractivity contribution in [3.63, 3.8) is 0 Å². The van der Waals surface area contributed by atoms with E-state index in [-0.39, 0.29) is 5.25 Å². The van der Waals surface area contributed by atoms with Crippen molar-refractivity contribution in [2.45, 2.75) is 45.3 Å². The highest BCUT2D eigenvalue weighted by Crippen LogP contribution is 2.10. The van der Waals surface area contributed by atoms with Gasteiger partial charge in [0.25, 0.3) is 0 Å². The molecule has 0 aromatic rings. The fourth-order valence-electron chi connectivity index (χ4n) is 1.04. The van der Waals surface area contributed by atoms with Gasteiger partial charge in [0.2, 0.25) is 0 Å². The summed E-state index contributed by atoms with van der Waals surface area (Å²) >= 11 is 0. The second kappa shape index (κ2) is 7.08. The maximum Gasteiger partial charge on any atom is 0.0634 e. The predicted octanol–water partition coefficient (Wildman–Crippen LogP) is 2.47. The molecule has 0 aliphatic carbocycles. The standard InChI is InChI=1S/C10H19NOS/c1-4-10(5-7-11)13(12)8-6-9(2)3/h9-10H,4-6,8H2,1-3H3. The average Bonchev–Trinajstić information content (AvgIpc) is 2.10. The smallest absolute Gasteiger partial charge is 0.0634 e. The van der Waals surface area contributed by atoms with Crippen LogP contribution in [0.5, 0.6) is 0 Å². The summed E-state index contributed by atoms with van der Waals surface area (Å²) < 4.78 is 11.6. The first-order valence-electron chi connectivity index (χ1n) is 4.85. The molecular weight excluding hydrogens is 182 g/mol. The van der Waals surface area contributed by atoms with Gasteiger partial charge in [-0.1, -0.05) is 20.8 Å². The highest BCUT2D eigenvalue weighted by molar-refractivity contribution is 7.85. The summed E-state index contributed by atoms with van der Waals surface area (Å²) in [6.45, 7) is 6.25. The molecule has 0 N–H and O–H groups in total. The molecule has 3 heteroatoms. The van der Waals surface area contributed by atoms with Crippen molar-refractivity contribution in [3.8, 4) is 6.07 Å². The molecule has 2 nitrogen and oxygen atoms in total. The number of hydrogen-bond donors (Lipinski definition) is 0. The van der Waals surface area contributed by atoms with E-state index in [2.05, 4.69) is 19.9 Å². The van der Waals surface area contributed by atoms with Crippen molar-refractivity contribution < 1.29 is 4.21 Å². The highest BCUT2D eigenvalue weighted by atomic mass is 32.2. The lowest BCUT2D eigenvalue weighted by Crippen LogP contribution is -2.17. The van der Waals surface area contributed by atoms with E-state index in [4.69, 9.17) is 5.26 Å². The van der Waals surface area contributed by atoms with Crippen LogP contribution in [0.2, 0.25) is 0 Å². The molecule has 0 amide bonds. The average molecular weight is 201 g/mol. The van der Waals surface area contributed by atoms with Crippen LogP contribution in [0.25, 0.3) is 0 Å². The number of nitriles is 1. The van der Waals surface area contributed by atoms with E-state index in [0.717, 1.165) is 18.6 Å². The zero-order chi connectivity index (χ0) is 10.3. The first-order chi connectivity index (χ1) is 6.11. The largest absolute Gasteiger partial charge is 0.259 e. The molecule has 76 valence electrons. The summed E-state index contributed by atoms with van der Waals surface area (Å²) in [6.07, 6.45) is 2.27. The van der Waals surface area contributed by atoms with Crippen LogP contribution in [0.3, 0.4) is 0 Å². The van der Waals surface area contributed by atoms with Gasteiger partial charge >= 0.3 is 0 Å². The Bertz CT molecular complexity index is 196. The van der Waals surface area contributed by atoms with Crippen LogP contribution in [-0.4, -0.2) is 15.2 Å². The lowest BCUT2D eigenvalue weighted by Gasteiger charge is -2.11. The van der Waals surface area contributed by atoms with Gasteiger partial charge in [0.1, 0.15) is 0 Å². The quantitative estimate of drug-likeness (QED) is 0.662. The molecule has 0 spiro atoms. The van der Waals surface area contributed by atoms with Crippen molar-refractivity contribution in [2.24, 2.45) is 5.92 Å². The summed E-state index contributed by atoms with van der Waals surface area (Å²) in [5, 5.41) is 8.60. The molecular formula is C10H19NOS. The van der Waals surface area contributed by atoms with Crippen LogP contribution in [0.1, 0.15) is 40.0 Å². The van der Waals surface area contributed by atoms with Gasteiger partial charge in [0, 0.05) is 28.2 Å². The Hall–Kier alpha value is -0.360. The monoisotopic (exact) mass is 201 g/mol. The summed E-state index contributed by atoms with van der Waals surface area (Å²) in [6, 6.07) is 2.09. The molecule has 0 aromatic heterocycles. The number of nitrogens with zero attached hydrogens (tertiary/aromatic N) is 1. The van der Waals surface area contributed by atoms with Crippen LogP contribution in [0, 0.1) is 17.2 Å². The lowest BCUT2D eigenvalue weighted by atomic mass is 10.2. The molecule has 2 unspecified atom stereocenters. The number of hydrogen-bond acceptors (Lipinski definition) is 2. The van der Waals surface area contributed by atoms with Gasteiger partial charge in [-0.3, -0.25) is 4.21 Å². The van der Waals surface area contributed by atoms with E-state index in [0.29, 0.717) is 12.3 Å². The van der Waals surface area contributed by atoms with Crippen LogP contribution >= 0.6 is 0 Å². The van der Waals surface area contributed by atoms with E-state index < -0.39 is 10.8 Å². The third kappa shape index (κ3) is 5.81. The Kier molecular flexibility index (Phi) is 6.89. The predicted molar refractivity (Wildman–Crippen MR) is 56.8 cm³/mol. The molecule has 0 fully saturated rings. The zero-order valence-corrected chi connectivity index (χ0v) is 9.56. The number of rotatable bonds is 6. The first-order valence-corrected chi connectivity index (χ1v) is 6.24. The normalized spacial score (nSPS) is 15.3. The molecule has 2 atom stereocenters. The zero-order valence-electron chi connectivity index (χ0n) is 8.75. The molecule has 0 bridgehead atoms. The van der Waals surface area contributed by atoms with Crippen LogP contribution < -0.4 is 0 Å². The Morgan fingerprint density at radius 1 is 1.46 bits per heavy atom. The molecule has 0 aromatic carbocycles.